The lowest BCUT2D eigenvalue weighted by atomic mass is 10.0. The first kappa shape index (κ1) is 13.9. The van der Waals surface area contributed by atoms with Gasteiger partial charge < -0.3 is 10.4 Å². The van der Waals surface area contributed by atoms with Crippen molar-refractivity contribution < 1.29 is 9.90 Å². The summed E-state index contributed by atoms with van der Waals surface area (Å²) < 4.78 is 0.435. The minimum Gasteiger partial charge on any atom is -0.507 e. The Morgan fingerprint density at radius 1 is 1.10 bits per heavy atom. The van der Waals surface area contributed by atoms with Gasteiger partial charge in [-0.15, -0.1) is 0 Å². The topological polar surface area (TPSA) is 49.3 Å². The van der Waals surface area contributed by atoms with Crippen LogP contribution in [-0.2, 0) is 4.79 Å². The van der Waals surface area contributed by atoms with Crippen LogP contribution in [0, 0.1) is 0 Å². The zero-order valence-corrected chi connectivity index (χ0v) is 12.5. The number of phenolic OH excluding ortho intramolecular Hbond substituents is 1. The first-order valence-corrected chi connectivity index (χ1v) is 7.49. The van der Waals surface area contributed by atoms with Crippen LogP contribution in [0.5, 0.6) is 5.75 Å². The Hall–Kier alpha value is -2.11. The van der Waals surface area contributed by atoms with E-state index in [4.69, 9.17) is 12.2 Å². The predicted octanol–water partition coefficient (Wildman–Crippen LogP) is 3.55. The molecule has 0 unspecified atom stereocenters. The highest BCUT2D eigenvalue weighted by atomic mass is 32.2. The highest BCUT2D eigenvalue weighted by Crippen LogP contribution is 2.31. The fourth-order valence-corrected chi connectivity index (χ4v) is 3.08. The fraction of sp³-hybridized carbons (Fsp3) is 0. The number of aromatic hydroxyl groups is 1. The molecule has 5 heteroatoms. The lowest BCUT2D eigenvalue weighted by Gasteiger charge is -2.05. The molecule has 0 spiro atoms. The van der Waals surface area contributed by atoms with Gasteiger partial charge in [0.2, 0.25) is 0 Å². The second-order valence-corrected chi connectivity index (χ2v) is 6.21. The summed E-state index contributed by atoms with van der Waals surface area (Å²) in [5, 5.41) is 12.5. The van der Waals surface area contributed by atoms with E-state index < -0.39 is 0 Å². The highest BCUT2D eigenvalue weighted by Gasteiger charge is 2.22. The average Bonchev–Trinajstić information content (AvgIpc) is 2.80. The summed E-state index contributed by atoms with van der Waals surface area (Å²) in [6.45, 7) is 0. The molecule has 0 aromatic heterocycles. The van der Waals surface area contributed by atoms with Gasteiger partial charge in [-0.3, -0.25) is 4.79 Å². The summed E-state index contributed by atoms with van der Waals surface area (Å²) >= 11 is 6.15. The van der Waals surface area contributed by atoms with Gasteiger partial charge in [0.25, 0.3) is 5.91 Å². The molecule has 104 valence electrons. The van der Waals surface area contributed by atoms with Crippen molar-refractivity contribution in [1.82, 2.24) is 5.32 Å². The number of rotatable bonds is 2. The van der Waals surface area contributed by atoms with E-state index in [2.05, 4.69) is 5.32 Å². The maximum Gasteiger partial charge on any atom is 0.263 e. The molecule has 1 heterocycles. The molecule has 1 fully saturated rings. The summed E-state index contributed by atoms with van der Waals surface area (Å²) in [6, 6.07) is 15.2. The molecule has 0 saturated carbocycles. The van der Waals surface area contributed by atoms with Gasteiger partial charge >= 0.3 is 0 Å². The average molecular weight is 313 g/mol. The van der Waals surface area contributed by atoms with E-state index >= 15 is 0 Å². The molecule has 0 atom stereocenters. The maximum atomic E-state index is 11.7. The second-order valence-electron chi connectivity index (χ2n) is 4.49. The normalized spacial score (nSPS) is 16.3. The van der Waals surface area contributed by atoms with Gasteiger partial charge in [0, 0.05) is 5.56 Å². The van der Waals surface area contributed by atoms with Gasteiger partial charge in [0.05, 0.1) is 4.91 Å². The molecule has 2 aromatic carbocycles. The van der Waals surface area contributed by atoms with Crippen LogP contribution in [0.4, 0.5) is 0 Å². The van der Waals surface area contributed by atoms with E-state index in [1.54, 1.807) is 12.1 Å². The van der Waals surface area contributed by atoms with Crippen molar-refractivity contribution in [3.8, 4) is 16.9 Å². The van der Waals surface area contributed by atoms with Crippen molar-refractivity contribution in [2.45, 2.75) is 0 Å². The number of amides is 1. The second kappa shape index (κ2) is 5.71. The van der Waals surface area contributed by atoms with Crippen molar-refractivity contribution in [2.24, 2.45) is 0 Å². The van der Waals surface area contributed by atoms with Gasteiger partial charge in [0.15, 0.2) is 0 Å². The first-order chi connectivity index (χ1) is 10.1. The Kier molecular flexibility index (Phi) is 3.77. The van der Waals surface area contributed by atoms with Crippen molar-refractivity contribution in [3.63, 3.8) is 0 Å². The molecule has 2 aromatic rings. The summed E-state index contributed by atoms with van der Waals surface area (Å²) in [5.41, 5.74) is 2.63. The molecule has 2 N–H and O–H groups in total. The van der Waals surface area contributed by atoms with Crippen LogP contribution in [0.3, 0.4) is 0 Å². The molecule has 3 rings (SSSR count). The standard InChI is InChI=1S/C16H11NO2S2/c18-13-7-6-11(10-4-2-1-3-5-10)8-12(13)9-14-15(19)17-16(20)21-14/h1-9,18H,(H,17,19,20)/b14-9-. The Labute approximate surface area is 131 Å². The quantitative estimate of drug-likeness (QED) is 0.657. The first-order valence-electron chi connectivity index (χ1n) is 6.27. The highest BCUT2D eigenvalue weighted by molar-refractivity contribution is 8.26. The zero-order valence-electron chi connectivity index (χ0n) is 10.9. The smallest absolute Gasteiger partial charge is 0.263 e. The third-order valence-corrected chi connectivity index (χ3v) is 4.23. The molecular formula is C16H11NO2S2. The van der Waals surface area contributed by atoms with Crippen molar-refractivity contribution >= 4 is 40.3 Å². The van der Waals surface area contributed by atoms with Crippen LogP contribution in [0.1, 0.15) is 5.56 Å². The number of thioether (sulfide) groups is 1. The molecule has 1 amide bonds. The van der Waals surface area contributed by atoms with Gasteiger partial charge in [0.1, 0.15) is 10.1 Å². The molecule has 0 radical (unpaired) electrons. The molecule has 21 heavy (non-hydrogen) atoms. The fourth-order valence-electron chi connectivity index (χ4n) is 2.04. The SMILES string of the molecule is O=C1NC(=S)S/C1=C\c1cc(-c2ccccc2)ccc1O. The van der Waals surface area contributed by atoms with Gasteiger partial charge in [-0.05, 0) is 29.3 Å². The van der Waals surface area contributed by atoms with Crippen LogP contribution in [-0.4, -0.2) is 15.3 Å². The molecule has 1 aliphatic heterocycles. The molecule has 0 bridgehead atoms. The minimum atomic E-state index is -0.227. The number of benzene rings is 2. The van der Waals surface area contributed by atoms with Gasteiger partial charge in [-0.1, -0.05) is 60.4 Å². The third kappa shape index (κ3) is 2.99. The molecule has 1 saturated heterocycles. The van der Waals surface area contributed by atoms with Crippen LogP contribution >= 0.6 is 24.0 Å². The predicted molar refractivity (Wildman–Crippen MR) is 89.9 cm³/mol. The van der Waals surface area contributed by atoms with Crippen molar-refractivity contribution in [1.29, 1.82) is 0 Å². The van der Waals surface area contributed by atoms with Gasteiger partial charge in [-0.25, -0.2) is 0 Å². The Morgan fingerprint density at radius 2 is 1.86 bits per heavy atom. The monoisotopic (exact) mass is 313 g/mol. The summed E-state index contributed by atoms with van der Waals surface area (Å²) in [7, 11) is 0. The van der Waals surface area contributed by atoms with Crippen molar-refractivity contribution in [2.75, 3.05) is 0 Å². The number of hydrogen-bond donors (Lipinski definition) is 2. The number of carbonyl (C=O) groups is 1. The van der Waals surface area contributed by atoms with E-state index in [-0.39, 0.29) is 11.7 Å². The van der Waals surface area contributed by atoms with E-state index in [1.807, 2.05) is 42.5 Å². The maximum absolute atomic E-state index is 11.7. The molecular weight excluding hydrogens is 302 g/mol. The van der Waals surface area contributed by atoms with E-state index in [0.29, 0.717) is 14.8 Å². The Balaban J connectivity index is 2.02. The third-order valence-electron chi connectivity index (χ3n) is 3.06. The largest absolute Gasteiger partial charge is 0.507 e. The van der Waals surface area contributed by atoms with Crippen LogP contribution < -0.4 is 5.32 Å². The number of hydrogen-bond acceptors (Lipinski definition) is 4. The van der Waals surface area contributed by atoms with E-state index in [9.17, 15) is 9.90 Å². The number of carbonyl (C=O) groups excluding carboxylic acids is 1. The van der Waals surface area contributed by atoms with E-state index in [0.717, 1.165) is 11.1 Å². The lowest BCUT2D eigenvalue weighted by Crippen LogP contribution is -2.17. The van der Waals surface area contributed by atoms with Crippen molar-refractivity contribution in [3.05, 3.63) is 59.0 Å². The van der Waals surface area contributed by atoms with Crippen LogP contribution in [0.2, 0.25) is 0 Å². The Bertz CT molecular complexity index is 754. The van der Waals surface area contributed by atoms with Crippen LogP contribution in [0.15, 0.2) is 53.4 Å². The summed E-state index contributed by atoms with van der Waals surface area (Å²) in [6.07, 6.45) is 1.65. The van der Waals surface area contributed by atoms with Crippen LogP contribution in [0.25, 0.3) is 17.2 Å². The van der Waals surface area contributed by atoms with Gasteiger partial charge in [-0.2, -0.15) is 0 Å². The Morgan fingerprint density at radius 3 is 2.52 bits per heavy atom. The number of thiocarbonyl (C=S) groups is 1. The molecule has 3 nitrogen and oxygen atoms in total. The molecule has 1 aliphatic rings. The summed E-state index contributed by atoms with van der Waals surface area (Å²) in [4.78, 5) is 12.2. The molecule has 0 aliphatic carbocycles. The zero-order chi connectivity index (χ0) is 14.8. The summed E-state index contributed by atoms with van der Waals surface area (Å²) in [5.74, 6) is -0.0945. The minimum absolute atomic E-state index is 0.133. The number of phenols is 1. The van der Waals surface area contributed by atoms with E-state index in [1.165, 1.54) is 11.8 Å². The lowest BCUT2D eigenvalue weighted by molar-refractivity contribution is -0.115. The number of nitrogens with one attached hydrogen (secondary N) is 1.